The first-order valence-corrected chi connectivity index (χ1v) is 11.3. The second-order valence-electron chi connectivity index (χ2n) is 8.82. The van der Waals surface area contributed by atoms with Crippen LogP contribution in [0.25, 0.3) is 16.9 Å². The molecule has 3 aromatic rings. The van der Waals surface area contributed by atoms with Crippen molar-refractivity contribution in [3.63, 3.8) is 0 Å². The third-order valence-corrected chi connectivity index (χ3v) is 5.54. The van der Waals surface area contributed by atoms with Crippen molar-refractivity contribution in [3.8, 4) is 22.7 Å². The normalized spacial score (nSPS) is 13.1. The van der Waals surface area contributed by atoms with Crippen molar-refractivity contribution < 1.29 is 14.3 Å². The van der Waals surface area contributed by atoms with Crippen molar-refractivity contribution in [2.45, 2.75) is 26.7 Å². The maximum absolute atomic E-state index is 13.0. The molecule has 2 amide bonds. The number of nitrogens with zero attached hydrogens (tertiary/aromatic N) is 3. The smallest absolute Gasteiger partial charge is 0.246 e. The Balaban J connectivity index is 1.60. The van der Waals surface area contributed by atoms with E-state index in [0.717, 1.165) is 35.5 Å². The number of benzene rings is 2. The highest BCUT2D eigenvalue weighted by molar-refractivity contribution is 5.94. The molecule has 0 saturated heterocycles. The van der Waals surface area contributed by atoms with Crippen molar-refractivity contribution >= 4 is 17.8 Å². The van der Waals surface area contributed by atoms with Crippen LogP contribution >= 0.6 is 0 Å². The molecule has 0 aliphatic heterocycles. The minimum atomic E-state index is -0.260. The highest BCUT2D eigenvalue weighted by Crippen LogP contribution is 2.31. The molecule has 4 rings (SSSR count). The average molecular weight is 447 g/mol. The van der Waals surface area contributed by atoms with Gasteiger partial charge in [0, 0.05) is 29.9 Å². The number of ether oxygens (including phenoxy) is 1. The van der Waals surface area contributed by atoms with Crippen LogP contribution in [0.4, 0.5) is 5.95 Å². The van der Waals surface area contributed by atoms with E-state index in [1.165, 1.54) is 0 Å². The van der Waals surface area contributed by atoms with Gasteiger partial charge in [0.15, 0.2) is 0 Å². The maximum Gasteiger partial charge on any atom is 0.246 e. The van der Waals surface area contributed by atoms with Crippen LogP contribution in [0.2, 0.25) is 0 Å². The number of carbonyl (C=O) groups excluding carboxylic acids is 2. The van der Waals surface area contributed by atoms with E-state index < -0.39 is 0 Å². The summed E-state index contributed by atoms with van der Waals surface area (Å²) in [5, 5.41) is 2.93. The molecule has 1 aliphatic rings. The minimum Gasteiger partial charge on any atom is -0.497 e. The molecule has 2 aromatic carbocycles. The first-order valence-electron chi connectivity index (χ1n) is 11.3. The Morgan fingerprint density at radius 1 is 1.12 bits per heavy atom. The molecule has 7 heteroatoms. The molecule has 33 heavy (non-hydrogen) atoms. The van der Waals surface area contributed by atoms with Gasteiger partial charge in [0.1, 0.15) is 5.75 Å². The van der Waals surface area contributed by atoms with E-state index in [2.05, 4.69) is 5.32 Å². The van der Waals surface area contributed by atoms with E-state index >= 15 is 0 Å². The van der Waals surface area contributed by atoms with Crippen LogP contribution in [0, 0.1) is 11.8 Å². The predicted octanol–water partition coefficient (Wildman–Crippen LogP) is 4.38. The molecule has 1 saturated carbocycles. The van der Waals surface area contributed by atoms with Gasteiger partial charge in [-0.1, -0.05) is 44.2 Å². The third-order valence-electron chi connectivity index (χ3n) is 5.54. The van der Waals surface area contributed by atoms with Crippen molar-refractivity contribution in [3.05, 3.63) is 60.8 Å². The molecule has 172 valence electrons. The maximum atomic E-state index is 13.0. The third kappa shape index (κ3) is 5.61. The van der Waals surface area contributed by atoms with Gasteiger partial charge in [-0.05, 0) is 43.0 Å². The van der Waals surface area contributed by atoms with Crippen LogP contribution in [-0.2, 0) is 9.59 Å². The van der Waals surface area contributed by atoms with E-state index in [1.54, 1.807) is 12.0 Å². The van der Waals surface area contributed by atoms with Gasteiger partial charge >= 0.3 is 0 Å². The fourth-order valence-corrected chi connectivity index (χ4v) is 3.76. The van der Waals surface area contributed by atoms with Gasteiger partial charge in [-0.25, -0.2) is 4.98 Å². The fraction of sp³-hybridized carbons (Fsp3) is 0.346. The zero-order chi connectivity index (χ0) is 23.4. The standard InChI is InChI=1S/C26H30N4O3/c1-18(2)15-29(25(32)20-9-10-20)17-24(31)28-26-27-23(19-7-5-4-6-8-19)16-30(26)21-11-13-22(33-3)14-12-21/h4-8,11-14,16,18,20H,9-10,15,17H2,1-3H3,(H,27,28,31). The van der Waals surface area contributed by atoms with Crippen LogP contribution in [0.15, 0.2) is 60.8 Å². The molecule has 0 bridgehead atoms. The number of amides is 2. The number of carbonyl (C=O) groups is 2. The molecule has 0 radical (unpaired) electrons. The molecule has 1 fully saturated rings. The summed E-state index contributed by atoms with van der Waals surface area (Å²) in [6.07, 6.45) is 3.72. The largest absolute Gasteiger partial charge is 0.497 e. The topological polar surface area (TPSA) is 76.5 Å². The van der Waals surface area contributed by atoms with E-state index in [4.69, 9.17) is 9.72 Å². The Labute approximate surface area is 194 Å². The van der Waals surface area contributed by atoms with Crippen LogP contribution in [0.3, 0.4) is 0 Å². The molecule has 1 aromatic heterocycles. The van der Waals surface area contributed by atoms with Gasteiger partial charge in [-0.3, -0.25) is 19.5 Å². The number of hydrogen-bond donors (Lipinski definition) is 1. The second-order valence-corrected chi connectivity index (χ2v) is 8.82. The number of methoxy groups -OCH3 is 1. The summed E-state index contributed by atoms with van der Waals surface area (Å²) in [5.74, 6) is 1.32. The zero-order valence-corrected chi connectivity index (χ0v) is 19.3. The molecule has 1 aliphatic carbocycles. The van der Waals surface area contributed by atoms with Gasteiger partial charge in [-0.2, -0.15) is 0 Å². The lowest BCUT2D eigenvalue weighted by molar-refractivity contribution is -0.136. The molecule has 0 spiro atoms. The molecule has 7 nitrogen and oxygen atoms in total. The van der Waals surface area contributed by atoms with Gasteiger partial charge in [0.2, 0.25) is 17.8 Å². The van der Waals surface area contributed by atoms with Gasteiger partial charge in [0.25, 0.3) is 0 Å². The monoisotopic (exact) mass is 446 g/mol. The summed E-state index contributed by atoms with van der Waals surface area (Å²) >= 11 is 0. The summed E-state index contributed by atoms with van der Waals surface area (Å²) < 4.78 is 7.11. The highest BCUT2D eigenvalue weighted by Gasteiger charge is 2.34. The Kier molecular flexibility index (Phi) is 6.77. The number of rotatable bonds is 9. The molecule has 1 heterocycles. The lowest BCUT2D eigenvalue weighted by atomic mass is 10.2. The van der Waals surface area contributed by atoms with Crippen molar-refractivity contribution in [2.24, 2.45) is 11.8 Å². The van der Waals surface area contributed by atoms with E-state index in [1.807, 2.05) is 79.2 Å². The first-order chi connectivity index (χ1) is 15.9. The summed E-state index contributed by atoms with van der Waals surface area (Å²) in [6.45, 7) is 4.68. The van der Waals surface area contributed by atoms with E-state index in [9.17, 15) is 9.59 Å². The van der Waals surface area contributed by atoms with E-state index in [0.29, 0.717) is 12.5 Å². The SMILES string of the molecule is COc1ccc(-n2cc(-c3ccccc3)nc2NC(=O)CN(CC(C)C)C(=O)C2CC2)cc1. The Bertz CT molecular complexity index is 1100. The molecule has 0 atom stereocenters. The first kappa shape index (κ1) is 22.6. The summed E-state index contributed by atoms with van der Waals surface area (Å²) in [4.78, 5) is 32.1. The highest BCUT2D eigenvalue weighted by atomic mass is 16.5. The van der Waals surface area contributed by atoms with Crippen LogP contribution in [0.5, 0.6) is 5.75 Å². The van der Waals surface area contributed by atoms with Crippen LogP contribution in [-0.4, -0.2) is 46.5 Å². The summed E-state index contributed by atoms with van der Waals surface area (Å²) in [6, 6.07) is 17.4. The minimum absolute atomic E-state index is 0.0175. The van der Waals surface area contributed by atoms with Crippen LogP contribution in [0.1, 0.15) is 26.7 Å². The van der Waals surface area contributed by atoms with E-state index in [-0.39, 0.29) is 30.2 Å². The Morgan fingerprint density at radius 2 is 1.82 bits per heavy atom. The van der Waals surface area contributed by atoms with Crippen molar-refractivity contribution in [1.82, 2.24) is 14.5 Å². The summed E-state index contributed by atoms with van der Waals surface area (Å²) in [7, 11) is 1.62. The number of anilines is 1. The van der Waals surface area contributed by atoms with Crippen LogP contribution < -0.4 is 10.1 Å². The summed E-state index contributed by atoms with van der Waals surface area (Å²) in [5.41, 5.74) is 2.54. The average Bonchev–Trinajstić information content (AvgIpc) is 3.59. The fourth-order valence-electron chi connectivity index (χ4n) is 3.76. The van der Waals surface area contributed by atoms with Crippen molar-refractivity contribution in [2.75, 3.05) is 25.5 Å². The lowest BCUT2D eigenvalue weighted by Crippen LogP contribution is -2.41. The number of hydrogen-bond acceptors (Lipinski definition) is 4. The molecular weight excluding hydrogens is 416 g/mol. The zero-order valence-electron chi connectivity index (χ0n) is 19.3. The molecule has 1 N–H and O–H groups in total. The molecular formula is C26H30N4O3. The van der Waals surface area contributed by atoms with Crippen molar-refractivity contribution in [1.29, 1.82) is 0 Å². The Hall–Kier alpha value is -3.61. The molecule has 0 unspecified atom stereocenters. The van der Waals surface area contributed by atoms with Gasteiger partial charge in [-0.15, -0.1) is 0 Å². The predicted molar refractivity (Wildman–Crippen MR) is 128 cm³/mol. The lowest BCUT2D eigenvalue weighted by Gasteiger charge is -2.24. The number of imidazole rings is 1. The number of aromatic nitrogens is 2. The second kappa shape index (κ2) is 9.90. The van der Waals surface area contributed by atoms with Gasteiger partial charge in [0.05, 0.1) is 19.3 Å². The van der Waals surface area contributed by atoms with Gasteiger partial charge < -0.3 is 9.64 Å². The number of nitrogens with one attached hydrogen (secondary N) is 1. The Morgan fingerprint density at radius 3 is 2.42 bits per heavy atom. The quantitative estimate of drug-likeness (QED) is 0.529.